The zero-order valence-electron chi connectivity index (χ0n) is 13.8. The molecule has 0 radical (unpaired) electrons. The number of hydrogen-bond acceptors (Lipinski definition) is 4. The number of halogens is 2. The molecule has 0 aliphatic heterocycles. The highest BCUT2D eigenvalue weighted by Crippen LogP contribution is 2.36. The summed E-state index contributed by atoms with van der Waals surface area (Å²) in [4.78, 5) is 13.2. The molecule has 0 fully saturated rings. The standard InChI is InChI=1S/C18H19Br2N3OS/c1-12-16(25-18(20)17(12)19)11-21-8-4-9-22-23-10-7-15(24)13-5-2-3-6-14(13)23/h2-3,5-7,10,21-22H,4,8-9,11H2,1H3. The molecule has 25 heavy (non-hydrogen) atoms. The Morgan fingerprint density at radius 1 is 1.16 bits per heavy atom. The fraction of sp³-hybridized carbons (Fsp3) is 0.278. The fourth-order valence-corrected chi connectivity index (χ4v) is 5.01. The summed E-state index contributed by atoms with van der Waals surface area (Å²) < 4.78 is 4.23. The molecule has 0 saturated heterocycles. The SMILES string of the molecule is Cc1c(CNCCCNn2ccc(=O)c3ccccc32)sc(Br)c1Br. The van der Waals surface area contributed by atoms with Gasteiger partial charge in [0.1, 0.15) is 0 Å². The Labute approximate surface area is 167 Å². The van der Waals surface area contributed by atoms with Gasteiger partial charge in [0, 0.05) is 40.1 Å². The molecule has 0 bridgehead atoms. The normalized spacial score (nSPS) is 11.2. The first-order chi connectivity index (χ1) is 12.1. The van der Waals surface area contributed by atoms with Crippen molar-refractivity contribution in [2.45, 2.75) is 19.9 Å². The third-order valence-electron chi connectivity index (χ3n) is 4.03. The summed E-state index contributed by atoms with van der Waals surface area (Å²) in [6.07, 6.45) is 2.79. The van der Waals surface area contributed by atoms with Crippen LogP contribution < -0.4 is 16.2 Å². The molecule has 0 aliphatic rings. The van der Waals surface area contributed by atoms with Gasteiger partial charge in [-0.1, -0.05) is 12.1 Å². The van der Waals surface area contributed by atoms with Crippen LogP contribution in [0.4, 0.5) is 0 Å². The second-order valence-corrected chi connectivity index (χ2v) is 8.96. The van der Waals surface area contributed by atoms with Crippen molar-refractivity contribution in [1.29, 1.82) is 0 Å². The van der Waals surface area contributed by atoms with Gasteiger partial charge in [-0.05, 0) is 69.4 Å². The van der Waals surface area contributed by atoms with E-state index in [1.54, 1.807) is 23.6 Å². The third-order valence-corrected chi connectivity index (χ3v) is 7.78. The monoisotopic (exact) mass is 483 g/mol. The Kier molecular flexibility index (Phi) is 6.33. The lowest BCUT2D eigenvalue weighted by Gasteiger charge is -2.13. The number of benzene rings is 1. The lowest BCUT2D eigenvalue weighted by atomic mass is 10.2. The lowest BCUT2D eigenvalue weighted by molar-refractivity contribution is 0.652. The highest BCUT2D eigenvalue weighted by molar-refractivity contribution is 9.13. The largest absolute Gasteiger partial charge is 0.326 e. The fourth-order valence-electron chi connectivity index (χ4n) is 2.63. The van der Waals surface area contributed by atoms with Gasteiger partial charge in [0.15, 0.2) is 5.43 Å². The summed E-state index contributed by atoms with van der Waals surface area (Å²) in [5, 5.41) is 4.22. The first kappa shape index (κ1) is 18.6. The van der Waals surface area contributed by atoms with Crippen molar-refractivity contribution in [2.24, 2.45) is 0 Å². The summed E-state index contributed by atoms with van der Waals surface area (Å²) >= 11 is 8.91. The minimum Gasteiger partial charge on any atom is -0.326 e. The Morgan fingerprint density at radius 2 is 1.96 bits per heavy atom. The highest BCUT2D eigenvalue weighted by Gasteiger charge is 2.10. The topological polar surface area (TPSA) is 46.1 Å². The molecule has 0 saturated carbocycles. The van der Waals surface area contributed by atoms with Gasteiger partial charge in [0.05, 0.1) is 9.30 Å². The van der Waals surface area contributed by atoms with Crippen LogP contribution in [-0.2, 0) is 6.54 Å². The van der Waals surface area contributed by atoms with Gasteiger partial charge in [0.2, 0.25) is 0 Å². The third kappa shape index (κ3) is 4.34. The summed E-state index contributed by atoms with van der Waals surface area (Å²) in [6.45, 7) is 4.77. The van der Waals surface area contributed by atoms with Gasteiger partial charge < -0.3 is 10.7 Å². The van der Waals surface area contributed by atoms with E-state index in [-0.39, 0.29) is 5.43 Å². The molecule has 0 aliphatic carbocycles. The van der Waals surface area contributed by atoms with Gasteiger partial charge in [-0.3, -0.25) is 9.47 Å². The molecule has 0 unspecified atom stereocenters. The van der Waals surface area contributed by atoms with Crippen molar-refractivity contribution in [3.8, 4) is 0 Å². The van der Waals surface area contributed by atoms with E-state index in [9.17, 15) is 4.79 Å². The van der Waals surface area contributed by atoms with Gasteiger partial charge in [0.25, 0.3) is 0 Å². The van der Waals surface area contributed by atoms with Gasteiger partial charge in [-0.15, -0.1) is 11.3 Å². The van der Waals surface area contributed by atoms with Gasteiger partial charge in [-0.2, -0.15) is 0 Å². The van der Waals surface area contributed by atoms with E-state index in [0.29, 0.717) is 0 Å². The molecule has 2 aromatic heterocycles. The van der Waals surface area contributed by atoms with Crippen molar-refractivity contribution >= 4 is 54.1 Å². The molecular formula is C18H19Br2N3OS. The number of nitrogens with one attached hydrogen (secondary N) is 2. The Bertz CT molecular complexity index is 936. The molecular weight excluding hydrogens is 466 g/mol. The van der Waals surface area contributed by atoms with Crippen LogP contribution in [0.15, 0.2) is 49.6 Å². The van der Waals surface area contributed by atoms with Crippen molar-refractivity contribution in [1.82, 2.24) is 9.99 Å². The molecule has 2 N–H and O–H groups in total. The zero-order valence-corrected chi connectivity index (χ0v) is 17.8. The predicted molar refractivity (Wildman–Crippen MR) is 113 cm³/mol. The average molecular weight is 485 g/mol. The van der Waals surface area contributed by atoms with E-state index in [4.69, 9.17) is 0 Å². The number of para-hydroxylation sites is 1. The predicted octanol–water partition coefficient (Wildman–Crippen LogP) is 4.62. The molecule has 132 valence electrons. The number of pyridine rings is 1. The van der Waals surface area contributed by atoms with Crippen molar-refractivity contribution < 1.29 is 0 Å². The minimum atomic E-state index is 0.0546. The van der Waals surface area contributed by atoms with Gasteiger partial charge >= 0.3 is 0 Å². The maximum Gasteiger partial charge on any atom is 0.189 e. The zero-order chi connectivity index (χ0) is 17.8. The quantitative estimate of drug-likeness (QED) is 0.481. The lowest BCUT2D eigenvalue weighted by Crippen LogP contribution is -2.23. The molecule has 1 aromatic carbocycles. The molecule has 0 amide bonds. The molecule has 3 aromatic rings. The molecule has 0 atom stereocenters. The van der Waals surface area contributed by atoms with Crippen molar-refractivity contribution in [3.05, 3.63) is 65.5 Å². The highest BCUT2D eigenvalue weighted by atomic mass is 79.9. The van der Waals surface area contributed by atoms with Crippen LogP contribution in [-0.4, -0.2) is 17.8 Å². The van der Waals surface area contributed by atoms with Crippen LogP contribution in [0, 0.1) is 6.92 Å². The number of hydrogen-bond donors (Lipinski definition) is 2. The van der Waals surface area contributed by atoms with E-state index in [1.807, 2.05) is 28.9 Å². The molecule has 3 rings (SSSR count). The summed E-state index contributed by atoms with van der Waals surface area (Å²) in [6, 6.07) is 9.25. The average Bonchev–Trinajstić information content (AvgIpc) is 2.87. The van der Waals surface area contributed by atoms with Crippen molar-refractivity contribution in [3.63, 3.8) is 0 Å². The summed E-state index contributed by atoms with van der Waals surface area (Å²) in [5.74, 6) is 0. The van der Waals surface area contributed by atoms with Crippen LogP contribution >= 0.6 is 43.2 Å². The number of rotatable bonds is 7. The van der Waals surface area contributed by atoms with E-state index in [1.165, 1.54) is 10.4 Å². The van der Waals surface area contributed by atoms with Crippen LogP contribution in [0.25, 0.3) is 10.9 Å². The van der Waals surface area contributed by atoms with Crippen LogP contribution in [0.5, 0.6) is 0 Å². The Balaban J connectivity index is 1.49. The maximum atomic E-state index is 11.9. The molecule has 2 heterocycles. The van der Waals surface area contributed by atoms with Crippen LogP contribution in [0.3, 0.4) is 0 Å². The molecule has 7 heteroatoms. The smallest absolute Gasteiger partial charge is 0.189 e. The number of nitrogens with zero attached hydrogens (tertiary/aromatic N) is 1. The maximum absolute atomic E-state index is 11.9. The Morgan fingerprint density at radius 3 is 2.72 bits per heavy atom. The second-order valence-electron chi connectivity index (χ2n) is 5.74. The Hall–Kier alpha value is -1.15. The number of aromatic nitrogens is 1. The van der Waals surface area contributed by atoms with Crippen molar-refractivity contribution in [2.75, 3.05) is 18.5 Å². The first-order valence-electron chi connectivity index (χ1n) is 8.06. The minimum absolute atomic E-state index is 0.0546. The summed E-state index contributed by atoms with van der Waals surface area (Å²) in [7, 11) is 0. The van der Waals surface area contributed by atoms with Crippen LogP contribution in [0.1, 0.15) is 16.9 Å². The number of thiophene rings is 1. The van der Waals surface area contributed by atoms with Gasteiger partial charge in [-0.25, -0.2) is 0 Å². The van der Waals surface area contributed by atoms with E-state index < -0.39 is 0 Å². The second kappa shape index (κ2) is 8.49. The van der Waals surface area contributed by atoms with Crippen LogP contribution in [0.2, 0.25) is 0 Å². The van der Waals surface area contributed by atoms with E-state index >= 15 is 0 Å². The van der Waals surface area contributed by atoms with E-state index in [2.05, 4.69) is 49.5 Å². The molecule has 0 spiro atoms. The van der Waals surface area contributed by atoms with E-state index in [0.717, 1.165) is 45.2 Å². The number of fused-ring (bicyclic) bond motifs is 1. The summed E-state index contributed by atoms with van der Waals surface area (Å²) in [5.41, 5.74) is 5.62. The molecule has 4 nitrogen and oxygen atoms in total. The first-order valence-corrected chi connectivity index (χ1v) is 10.5.